The molecular formula is C19H20. The summed E-state index contributed by atoms with van der Waals surface area (Å²) in [6.07, 6.45) is 0. The van der Waals surface area contributed by atoms with E-state index in [-0.39, 0.29) is 7.43 Å². The van der Waals surface area contributed by atoms with Crippen LogP contribution in [0.15, 0.2) is 60.7 Å². The molecule has 0 heteroatoms. The lowest BCUT2D eigenvalue weighted by Gasteiger charge is -2.09. The van der Waals surface area contributed by atoms with Crippen LogP contribution in [0.5, 0.6) is 0 Å². The summed E-state index contributed by atoms with van der Waals surface area (Å²) in [5.41, 5.74) is 0. The van der Waals surface area contributed by atoms with E-state index in [1.807, 2.05) is 13.8 Å². The molecule has 0 heterocycles. The van der Waals surface area contributed by atoms with Crippen molar-refractivity contribution < 1.29 is 0 Å². The summed E-state index contributed by atoms with van der Waals surface area (Å²) in [4.78, 5) is 0. The molecule has 0 saturated heterocycles. The molecule has 0 amide bonds. The fourth-order valence-corrected chi connectivity index (χ4v) is 2.67. The average Bonchev–Trinajstić information content (AvgIpc) is 2.47. The van der Waals surface area contributed by atoms with Gasteiger partial charge in [-0.1, -0.05) is 81.9 Å². The van der Waals surface area contributed by atoms with Crippen molar-refractivity contribution >= 4 is 32.3 Å². The van der Waals surface area contributed by atoms with Crippen LogP contribution in [-0.2, 0) is 0 Å². The highest BCUT2D eigenvalue weighted by atomic mass is 14.1. The van der Waals surface area contributed by atoms with Crippen molar-refractivity contribution in [2.45, 2.75) is 21.3 Å². The Kier molecular flexibility index (Phi) is 3.71. The zero-order valence-corrected chi connectivity index (χ0v) is 10.8. The van der Waals surface area contributed by atoms with Gasteiger partial charge in [-0.15, -0.1) is 0 Å². The topological polar surface area (TPSA) is 0 Å². The van der Waals surface area contributed by atoms with Gasteiger partial charge in [0.15, 0.2) is 0 Å². The second-order valence-corrected chi connectivity index (χ2v) is 4.29. The molecule has 0 spiro atoms. The second kappa shape index (κ2) is 5.27. The van der Waals surface area contributed by atoms with Crippen LogP contribution in [0.4, 0.5) is 0 Å². The molecule has 0 aromatic heterocycles. The molecule has 0 aliphatic carbocycles. The van der Waals surface area contributed by atoms with E-state index in [0.29, 0.717) is 0 Å². The van der Waals surface area contributed by atoms with Crippen LogP contribution < -0.4 is 0 Å². The summed E-state index contributed by atoms with van der Waals surface area (Å²) in [5.74, 6) is 0. The van der Waals surface area contributed by atoms with Gasteiger partial charge in [0.25, 0.3) is 0 Å². The molecule has 19 heavy (non-hydrogen) atoms. The summed E-state index contributed by atoms with van der Waals surface area (Å²) in [6.45, 7) is 4.00. The quantitative estimate of drug-likeness (QED) is 0.323. The van der Waals surface area contributed by atoms with E-state index in [0.717, 1.165) is 0 Å². The second-order valence-electron chi connectivity index (χ2n) is 4.29. The Morgan fingerprint density at radius 1 is 0.474 bits per heavy atom. The number of hydrogen-bond acceptors (Lipinski definition) is 0. The van der Waals surface area contributed by atoms with E-state index in [4.69, 9.17) is 0 Å². The molecule has 4 aromatic rings. The van der Waals surface area contributed by atoms with Crippen molar-refractivity contribution in [1.82, 2.24) is 0 Å². The van der Waals surface area contributed by atoms with Crippen LogP contribution in [0.25, 0.3) is 32.3 Å². The molecule has 0 unspecified atom stereocenters. The largest absolute Gasteiger partial charge is 0.0776 e. The molecule has 4 rings (SSSR count). The van der Waals surface area contributed by atoms with Crippen LogP contribution in [0.3, 0.4) is 0 Å². The summed E-state index contributed by atoms with van der Waals surface area (Å²) < 4.78 is 0. The monoisotopic (exact) mass is 248 g/mol. The standard InChI is InChI=1S/C16H10.C2H6.CH4/c1-3-11-7-9-13-5-2-6-14-10-8-12(4-1)15(11)16(13)14;1-2;/h1-10H;1-2H3;1H4. The molecule has 0 aliphatic rings. The molecule has 0 nitrogen and oxygen atoms in total. The Morgan fingerprint density at radius 3 is 1.00 bits per heavy atom. The van der Waals surface area contributed by atoms with Gasteiger partial charge in [-0.25, -0.2) is 0 Å². The first kappa shape index (κ1) is 13.4. The third-order valence-corrected chi connectivity index (χ3v) is 3.39. The first-order valence-corrected chi connectivity index (χ1v) is 6.56. The number of benzene rings is 4. The molecule has 0 bridgehead atoms. The third kappa shape index (κ3) is 1.94. The number of rotatable bonds is 0. The molecule has 0 N–H and O–H groups in total. The molecule has 0 saturated carbocycles. The molecule has 0 aliphatic heterocycles. The Balaban J connectivity index is 0.000000426. The lowest BCUT2D eigenvalue weighted by Crippen LogP contribution is -1.82. The van der Waals surface area contributed by atoms with Gasteiger partial charge in [-0.3, -0.25) is 0 Å². The van der Waals surface area contributed by atoms with Crippen molar-refractivity contribution in [2.24, 2.45) is 0 Å². The molecule has 4 aromatic carbocycles. The van der Waals surface area contributed by atoms with E-state index >= 15 is 0 Å². The lowest BCUT2D eigenvalue weighted by atomic mass is 9.95. The van der Waals surface area contributed by atoms with Gasteiger partial charge in [-0.2, -0.15) is 0 Å². The van der Waals surface area contributed by atoms with E-state index < -0.39 is 0 Å². The van der Waals surface area contributed by atoms with Gasteiger partial charge in [0.05, 0.1) is 0 Å². The first-order chi connectivity index (χ1) is 8.93. The SMILES string of the molecule is C.CC.c1cc2ccc3cccc4ccc(c1)c2c34. The molecule has 0 radical (unpaired) electrons. The molecule has 0 fully saturated rings. The fraction of sp³-hybridized carbons (Fsp3) is 0.158. The maximum Gasteiger partial charge on any atom is -0.00268 e. The maximum atomic E-state index is 2.21. The predicted octanol–water partition coefficient (Wildman–Crippen LogP) is 6.25. The summed E-state index contributed by atoms with van der Waals surface area (Å²) in [7, 11) is 0. The lowest BCUT2D eigenvalue weighted by molar-refractivity contribution is 1.50. The highest BCUT2D eigenvalue weighted by molar-refractivity contribution is 6.22. The Hall–Kier alpha value is -2.08. The van der Waals surface area contributed by atoms with Crippen LogP contribution in [0.1, 0.15) is 21.3 Å². The summed E-state index contributed by atoms with van der Waals surface area (Å²) in [6, 6.07) is 21.9. The number of hydrogen-bond donors (Lipinski definition) is 0. The van der Waals surface area contributed by atoms with Crippen molar-refractivity contribution in [3.8, 4) is 0 Å². The predicted molar refractivity (Wildman–Crippen MR) is 88.2 cm³/mol. The minimum Gasteiger partial charge on any atom is -0.0776 e. The zero-order chi connectivity index (χ0) is 12.5. The molecule has 96 valence electrons. The summed E-state index contributed by atoms with van der Waals surface area (Å²) in [5, 5.41) is 8.14. The van der Waals surface area contributed by atoms with Crippen molar-refractivity contribution in [3.05, 3.63) is 60.7 Å². The van der Waals surface area contributed by atoms with Gasteiger partial charge in [0.1, 0.15) is 0 Å². The van der Waals surface area contributed by atoms with Gasteiger partial charge in [0.2, 0.25) is 0 Å². The first-order valence-electron chi connectivity index (χ1n) is 6.56. The fourth-order valence-electron chi connectivity index (χ4n) is 2.67. The van der Waals surface area contributed by atoms with Gasteiger partial charge >= 0.3 is 0 Å². The normalized spacial score (nSPS) is 10.2. The highest BCUT2D eigenvalue weighted by Crippen LogP contribution is 2.33. The van der Waals surface area contributed by atoms with Gasteiger partial charge in [0, 0.05) is 0 Å². The minimum atomic E-state index is 0. The van der Waals surface area contributed by atoms with Crippen LogP contribution >= 0.6 is 0 Å². The van der Waals surface area contributed by atoms with Crippen molar-refractivity contribution in [1.29, 1.82) is 0 Å². The van der Waals surface area contributed by atoms with E-state index in [2.05, 4.69) is 60.7 Å². The smallest absolute Gasteiger partial charge is 0.00268 e. The van der Waals surface area contributed by atoms with Crippen LogP contribution in [-0.4, -0.2) is 0 Å². The van der Waals surface area contributed by atoms with Crippen molar-refractivity contribution in [2.75, 3.05) is 0 Å². The van der Waals surface area contributed by atoms with Crippen molar-refractivity contribution in [3.63, 3.8) is 0 Å². The molecular weight excluding hydrogens is 228 g/mol. The van der Waals surface area contributed by atoms with Crippen LogP contribution in [0, 0.1) is 0 Å². The zero-order valence-electron chi connectivity index (χ0n) is 10.8. The Morgan fingerprint density at radius 2 is 0.737 bits per heavy atom. The minimum absolute atomic E-state index is 0. The van der Waals surface area contributed by atoms with Crippen LogP contribution in [0.2, 0.25) is 0 Å². The maximum absolute atomic E-state index is 2.21. The van der Waals surface area contributed by atoms with Gasteiger partial charge < -0.3 is 0 Å². The van der Waals surface area contributed by atoms with Gasteiger partial charge in [-0.05, 0) is 32.3 Å². The summed E-state index contributed by atoms with van der Waals surface area (Å²) >= 11 is 0. The Bertz CT molecular complexity index is 667. The Labute approximate surface area is 115 Å². The highest BCUT2D eigenvalue weighted by Gasteiger charge is 2.05. The van der Waals surface area contributed by atoms with E-state index in [1.54, 1.807) is 0 Å². The van der Waals surface area contributed by atoms with E-state index in [9.17, 15) is 0 Å². The van der Waals surface area contributed by atoms with E-state index in [1.165, 1.54) is 32.3 Å². The third-order valence-electron chi connectivity index (χ3n) is 3.39. The molecule has 0 atom stereocenters. The average molecular weight is 248 g/mol.